The third-order valence-corrected chi connectivity index (χ3v) is 6.21. The van der Waals surface area contributed by atoms with E-state index >= 15 is 0 Å². The second-order valence-corrected chi connectivity index (χ2v) is 8.57. The van der Waals surface area contributed by atoms with Crippen LogP contribution < -0.4 is 21.3 Å². The Morgan fingerprint density at radius 3 is 2.54 bits per heavy atom. The molecule has 0 bridgehead atoms. The first-order valence-corrected chi connectivity index (χ1v) is 11.2. The Morgan fingerprint density at radius 2 is 1.86 bits per heavy atom. The van der Waals surface area contributed by atoms with Gasteiger partial charge in [-0.2, -0.15) is 0 Å². The molecule has 3 N–H and O–H groups in total. The molecule has 0 radical (unpaired) electrons. The van der Waals surface area contributed by atoms with Gasteiger partial charge < -0.3 is 15.8 Å². The van der Waals surface area contributed by atoms with Gasteiger partial charge in [-0.25, -0.2) is 13.8 Å². The van der Waals surface area contributed by atoms with Gasteiger partial charge >= 0.3 is 0 Å². The maximum atomic E-state index is 14.7. The van der Waals surface area contributed by atoms with Crippen LogP contribution >= 0.6 is 27.5 Å². The molecule has 0 saturated heterocycles. The summed E-state index contributed by atoms with van der Waals surface area (Å²) in [5.74, 6) is -2.01. The van der Waals surface area contributed by atoms with Crippen molar-refractivity contribution in [2.24, 2.45) is 0 Å². The van der Waals surface area contributed by atoms with Gasteiger partial charge in [-0.1, -0.05) is 11.6 Å². The summed E-state index contributed by atoms with van der Waals surface area (Å²) in [4.78, 5) is 29.9. The number of nitrogen functional groups attached to an aromatic ring is 1. The molecule has 4 rings (SSSR count). The Morgan fingerprint density at radius 1 is 1.14 bits per heavy atom. The number of halogens is 4. The molecule has 11 heteroatoms. The standard InChI is InChI=1S/C24H16BrClF2N4O3/c1-12-16(25)11-32(15-5-2-13(27)3-6-15)24(34)20(12)23(33)31-14-4-7-18(17(28)10-14)35-19-8-9-30-22(29)21(19)26/h2-11H,1H3,(H2,29,30)(H,31,33). The molecule has 0 fully saturated rings. The number of carbonyl (C=O) groups is 1. The number of benzene rings is 2. The van der Waals surface area contributed by atoms with Gasteiger partial charge in [0.1, 0.15) is 22.2 Å². The number of hydrogen-bond acceptors (Lipinski definition) is 5. The molecule has 0 unspecified atom stereocenters. The average molecular weight is 562 g/mol. The van der Waals surface area contributed by atoms with Crippen molar-refractivity contribution in [3.8, 4) is 17.2 Å². The predicted octanol–water partition coefficient (Wildman–Crippen LogP) is 5.86. The van der Waals surface area contributed by atoms with Crippen molar-refractivity contribution in [3.05, 3.63) is 104 Å². The van der Waals surface area contributed by atoms with Gasteiger partial charge in [-0.3, -0.25) is 14.2 Å². The quantitative estimate of drug-likeness (QED) is 0.318. The summed E-state index contributed by atoms with van der Waals surface area (Å²) in [6.07, 6.45) is 2.85. The van der Waals surface area contributed by atoms with Crippen molar-refractivity contribution >= 4 is 44.9 Å². The van der Waals surface area contributed by atoms with E-state index in [0.717, 1.165) is 6.07 Å². The third kappa shape index (κ3) is 5.03. The normalized spacial score (nSPS) is 10.8. The second kappa shape index (κ2) is 9.85. The fourth-order valence-corrected chi connectivity index (χ4v) is 3.78. The van der Waals surface area contributed by atoms with Crippen LogP contribution in [-0.2, 0) is 0 Å². The van der Waals surface area contributed by atoms with Crippen LogP contribution in [0.1, 0.15) is 15.9 Å². The molecular weight excluding hydrogens is 546 g/mol. The van der Waals surface area contributed by atoms with Crippen molar-refractivity contribution in [1.29, 1.82) is 0 Å². The molecule has 2 aromatic heterocycles. The van der Waals surface area contributed by atoms with Crippen LogP contribution in [0.5, 0.6) is 11.5 Å². The number of hydrogen-bond donors (Lipinski definition) is 2. The largest absolute Gasteiger partial charge is 0.453 e. The molecular formula is C24H16BrClF2N4O3. The minimum Gasteiger partial charge on any atom is -0.453 e. The second-order valence-electron chi connectivity index (χ2n) is 7.34. The van der Waals surface area contributed by atoms with Crippen LogP contribution in [0, 0.1) is 18.6 Å². The summed E-state index contributed by atoms with van der Waals surface area (Å²) in [6, 6.07) is 10.4. The molecule has 1 amide bonds. The first kappa shape index (κ1) is 24.4. The lowest BCUT2D eigenvalue weighted by Crippen LogP contribution is -2.30. The minimum absolute atomic E-state index is 0.0316. The van der Waals surface area contributed by atoms with Gasteiger partial charge in [-0.15, -0.1) is 0 Å². The minimum atomic E-state index is -0.788. The van der Waals surface area contributed by atoms with Crippen LogP contribution in [0.3, 0.4) is 0 Å². The highest BCUT2D eigenvalue weighted by Gasteiger charge is 2.20. The van der Waals surface area contributed by atoms with Crippen LogP contribution in [-0.4, -0.2) is 15.5 Å². The summed E-state index contributed by atoms with van der Waals surface area (Å²) in [7, 11) is 0. The van der Waals surface area contributed by atoms with E-state index in [0.29, 0.717) is 15.7 Å². The summed E-state index contributed by atoms with van der Waals surface area (Å²) in [5.41, 5.74) is 5.68. The highest BCUT2D eigenvalue weighted by atomic mass is 79.9. The molecule has 0 saturated carbocycles. The lowest BCUT2D eigenvalue weighted by Gasteiger charge is -2.14. The lowest BCUT2D eigenvalue weighted by atomic mass is 10.1. The number of nitrogens with one attached hydrogen (secondary N) is 1. The molecule has 0 aliphatic carbocycles. The summed E-state index contributed by atoms with van der Waals surface area (Å²) in [5, 5.41) is 2.56. The van der Waals surface area contributed by atoms with Crippen LogP contribution in [0.2, 0.25) is 5.02 Å². The Bertz CT molecular complexity index is 1510. The zero-order valence-corrected chi connectivity index (χ0v) is 20.3. The van der Waals surface area contributed by atoms with Gasteiger partial charge in [0.2, 0.25) is 0 Å². The Kier molecular flexibility index (Phi) is 6.86. The Hall–Kier alpha value is -3.76. The van der Waals surface area contributed by atoms with E-state index in [4.69, 9.17) is 22.1 Å². The van der Waals surface area contributed by atoms with Crippen molar-refractivity contribution in [2.45, 2.75) is 6.92 Å². The van der Waals surface area contributed by atoms with Gasteiger partial charge in [-0.05, 0) is 64.8 Å². The zero-order chi connectivity index (χ0) is 25.3. The van der Waals surface area contributed by atoms with E-state index in [-0.39, 0.29) is 33.6 Å². The fourth-order valence-electron chi connectivity index (χ4n) is 3.22. The number of nitrogens with two attached hydrogens (primary N) is 1. The number of carbonyl (C=O) groups excluding carboxylic acids is 1. The molecule has 0 atom stereocenters. The number of amides is 1. The van der Waals surface area contributed by atoms with E-state index in [1.165, 1.54) is 59.4 Å². The van der Waals surface area contributed by atoms with E-state index in [1.54, 1.807) is 6.92 Å². The molecule has 0 spiro atoms. The van der Waals surface area contributed by atoms with Crippen LogP contribution in [0.25, 0.3) is 5.69 Å². The zero-order valence-electron chi connectivity index (χ0n) is 18.0. The van der Waals surface area contributed by atoms with Crippen molar-refractivity contribution < 1.29 is 18.3 Å². The van der Waals surface area contributed by atoms with E-state index < -0.39 is 23.1 Å². The van der Waals surface area contributed by atoms with Gasteiger partial charge in [0, 0.05) is 40.4 Å². The SMILES string of the molecule is Cc1c(Br)cn(-c2ccc(F)cc2)c(=O)c1C(=O)Nc1ccc(Oc2ccnc(N)c2Cl)c(F)c1. The number of ether oxygens (including phenoxy) is 1. The highest BCUT2D eigenvalue weighted by molar-refractivity contribution is 9.10. The highest BCUT2D eigenvalue weighted by Crippen LogP contribution is 2.34. The number of pyridine rings is 2. The maximum absolute atomic E-state index is 14.7. The number of rotatable bonds is 5. The van der Waals surface area contributed by atoms with Crippen molar-refractivity contribution in [2.75, 3.05) is 11.1 Å². The predicted molar refractivity (Wildman–Crippen MR) is 133 cm³/mol. The first-order valence-electron chi connectivity index (χ1n) is 10.0. The molecule has 178 valence electrons. The smallest absolute Gasteiger partial charge is 0.268 e. The number of aromatic nitrogens is 2. The van der Waals surface area contributed by atoms with E-state index in [9.17, 15) is 18.4 Å². The fraction of sp³-hybridized carbons (Fsp3) is 0.0417. The summed E-state index contributed by atoms with van der Waals surface area (Å²) < 4.78 is 35.2. The molecule has 0 aliphatic rings. The van der Waals surface area contributed by atoms with Crippen LogP contribution in [0.4, 0.5) is 20.3 Å². The topological polar surface area (TPSA) is 99.2 Å². The number of nitrogens with zero attached hydrogens (tertiary/aromatic N) is 2. The molecule has 4 aromatic rings. The number of anilines is 2. The van der Waals surface area contributed by atoms with Crippen molar-refractivity contribution in [3.63, 3.8) is 0 Å². The molecule has 7 nitrogen and oxygen atoms in total. The Balaban J connectivity index is 1.62. The summed E-state index contributed by atoms with van der Waals surface area (Å²) in [6.45, 7) is 1.59. The molecule has 35 heavy (non-hydrogen) atoms. The van der Waals surface area contributed by atoms with Crippen LogP contribution in [0.15, 0.2) is 70.2 Å². The van der Waals surface area contributed by atoms with Gasteiger partial charge in [0.05, 0.1) is 0 Å². The van der Waals surface area contributed by atoms with E-state index in [2.05, 4.69) is 26.2 Å². The first-order chi connectivity index (χ1) is 16.7. The van der Waals surface area contributed by atoms with Crippen molar-refractivity contribution in [1.82, 2.24) is 9.55 Å². The third-order valence-electron chi connectivity index (χ3n) is 5.03. The monoisotopic (exact) mass is 560 g/mol. The molecule has 2 heterocycles. The van der Waals surface area contributed by atoms with Gasteiger partial charge in [0.15, 0.2) is 17.3 Å². The van der Waals surface area contributed by atoms with E-state index in [1.807, 2.05) is 0 Å². The lowest BCUT2D eigenvalue weighted by molar-refractivity contribution is 0.102. The average Bonchev–Trinajstić information content (AvgIpc) is 2.82. The Labute approximate surface area is 211 Å². The maximum Gasteiger partial charge on any atom is 0.268 e. The summed E-state index contributed by atoms with van der Waals surface area (Å²) >= 11 is 9.37. The molecule has 0 aliphatic heterocycles. The molecule has 2 aromatic carbocycles. The van der Waals surface area contributed by atoms with Gasteiger partial charge in [0.25, 0.3) is 11.5 Å².